The van der Waals surface area contributed by atoms with E-state index in [1.54, 1.807) is 0 Å². The number of aliphatic imine (C=N–C) groups is 1. The number of piperazine rings is 1. The van der Waals surface area contributed by atoms with Crippen LogP contribution in [-0.2, 0) is 11.2 Å². The number of rotatable bonds is 6. The van der Waals surface area contributed by atoms with E-state index in [4.69, 9.17) is 11.1 Å². The minimum absolute atomic E-state index is 0.123. The Morgan fingerprint density at radius 1 is 1.35 bits per heavy atom. The van der Waals surface area contributed by atoms with Crippen LogP contribution in [0.5, 0.6) is 0 Å². The molecule has 0 saturated carbocycles. The lowest BCUT2D eigenvalue weighted by Gasteiger charge is -2.40. The second-order valence-corrected chi connectivity index (χ2v) is 8.68. The zero-order chi connectivity index (χ0) is 24.9. The molecule has 5 N–H and O–H groups in total. The Hall–Kier alpha value is -3.08. The van der Waals surface area contributed by atoms with E-state index in [-0.39, 0.29) is 19.1 Å². The lowest BCUT2D eigenvalue weighted by atomic mass is 10.0. The minimum Gasteiger partial charge on any atom is -0.379 e. The molecule has 1 amide bonds. The fraction of sp³-hybridized carbons (Fsp3) is 0.522. The fourth-order valence-electron chi connectivity index (χ4n) is 4.16. The van der Waals surface area contributed by atoms with E-state index < -0.39 is 36.5 Å². The zero-order valence-corrected chi connectivity index (χ0v) is 19.5. The van der Waals surface area contributed by atoms with Crippen molar-refractivity contribution in [1.82, 2.24) is 20.1 Å². The van der Waals surface area contributed by atoms with Crippen LogP contribution in [0.25, 0.3) is 10.9 Å². The van der Waals surface area contributed by atoms with Gasteiger partial charge in [0.25, 0.3) is 5.91 Å². The highest BCUT2D eigenvalue weighted by molar-refractivity contribution is 6.38. The first-order valence-electron chi connectivity index (χ1n) is 11.4. The SMILES string of the molecule is CCCCC(Cc1c[nH]c2ccccc12)NC(=O)C(N)=NC(=N)N1CCN(C)C(C(F)(F)F)C1. The topological polar surface area (TPSA) is 114 Å². The number of amidine groups is 1. The van der Waals surface area contributed by atoms with Gasteiger partial charge in [0, 0.05) is 42.8 Å². The first-order valence-corrected chi connectivity index (χ1v) is 11.4. The number of amides is 1. The van der Waals surface area contributed by atoms with Gasteiger partial charge in [-0.2, -0.15) is 18.2 Å². The monoisotopic (exact) mass is 479 g/mol. The lowest BCUT2D eigenvalue weighted by Crippen LogP contribution is -2.58. The largest absolute Gasteiger partial charge is 0.405 e. The molecule has 1 aromatic heterocycles. The van der Waals surface area contributed by atoms with Crippen molar-refractivity contribution in [2.24, 2.45) is 10.7 Å². The predicted molar refractivity (Wildman–Crippen MR) is 127 cm³/mol. The number of nitrogens with zero attached hydrogens (tertiary/aromatic N) is 3. The van der Waals surface area contributed by atoms with E-state index in [1.807, 2.05) is 30.5 Å². The van der Waals surface area contributed by atoms with Crippen LogP contribution in [0, 0.1) is 5.41 Å². The van der Waals surface area contributed by atoms with Crippen LogP contribution in [0.1, 0.15) is 31.7 Å². The van der Waals surface area contributed by atoms with Crippen molar-refractivity contribution in [3.63, 3.8) is 0 Å². The fourth-order valence-corrected chi connectivity index (χ4v) is 4.16. The van der Waals surface area contributed by atoms with Gasteiger partial charge in [0.15, 0.2) is 5.84 Å². The summed E-state index contributed by atoms with van der Waals surface area (Å²) >= 11 is 0. The normalized spacial score (nSPS) is 18.8. The van der Waals surface area contributed by atoms with Crippen molar-refractivity contribution in [3.8, 4) is 0 Å². The van der Waals surface area contributed by atoms with E-state index in [2.05, 4.69) is 22.2 Å². The Morgan fingerprint density at radius 2 is 2.09 bits per heavy atom. The Kier molecular flexibility index (Phi) is 8.19. The number of carbonyl (C=O) groups is 1. The summed E-state index contributed by atoms with van der Waals surface area (Å²) < 4.78 is 39.8. The molecule has 0 aliphatic carbocycles. The van der Waals surface area contributed by atoms with Gasteiger partial charge in [-0.05, 0) is 31.5 Å². The second-order valence-electron chi connectivity index (χ2n) is 8.68. The summed E-state index contributed by atoms with van der Waals surface area (Å²) in [5, 5.41) is 12.1. The molecule has 1 aliphatic rings. The first-order chi connectivity index (χ1) is 16.1. The van der Waals surface area contributed by atoms with Crippen molar-refractivity contribution in [2.45, 2.75) is 50.9 Å². The first kappa shape index (κ1) is 25.5. The maximum atomic E-state index is 13.3. The number of fused-ring (bicyclic) bond motifs is 1. The summed E-state index contributed by atoms with van der Waals surface area (Å²) in [6.45, 7) is 1.95. The molecule has 3 rings (SSSR count). The highest BCUT2D eigenvalue weighted by atomic mass is 19.4. The van der Waals surface area contributed by atoms with Gasteiger partial charge in [-0.3, -0.25) is 15.1 Å². The van der Waals surface area contributed by atoms with Gasteiger partial charge in [0.1, 0.15) is 6.04 Å². The van der Waals surface area contributed by atoms with Crippen LogP contribution in [0.15, 0.2) is 35.5 Å². The van der Waals surface area contributed by atoms with Crippen LogP contribution in [-0.4, -0.2) is 77.4 Å². The van der Waals surface area contributed by atoms with Crippen LogP contribution in [0.2, 0.25) is 0 Å². The van der Waals surface area contributed by atoms with Gasteiger partial charge in [-0.1, -0.05) is 38.0 Å². The van der Waals surface area contributed by atoms with Crippen molar-refractivity contribution >= 4 is 28.6 Å². The Labute approximate surface area is 196 Å². The quantitative estimate of drug-likeness (QED) is 0.377. The van der Waals surface area contributed by atoms with E-state index in [0.29, 0.717) is 6.42 Å². The van der Waals surface area contributed by atoms with Crippen LogP contribution >= 0.6 is 0 Å². The molecule has 0 radical (unpaired) electrons. The number of likely N-dealkylation sites (N-methyl/N-ethyl adjacent to an activating group) is 1. The molecule has 0 spiro atoms. The zero-order valence-electron chi connectivity index (χ0n) is 19.5. The number of unbranched alkanes of at least 4 members (excludes halogenated alkanes) is 1. The molecule has 1 aromatic carbocycles. The Morgan fingerprint density at radius 3 is 2.79 bits per heavy atom. The van der Waals surface area contributed by atoms with E-state index in [1.165, 1.54) is 16.8 Å². The summed E-state index contributed by atoms with van der Waals surface area (Å²) in [6.07, 6.45) is 0.686. The van der Waals surface area contributed by atoms with Gasteiger partial charge in [-0.15, -0.1) is 0 Å². The molecule has 2 heterocycles. The third kappa shape index (κ3) is 6.28. The van der Waals surface area contributed by atoms with Gasteiger partial charge >= 0.3 is 6.18 Å². The van der Waals surface area contributed by atoms with E-state index in [9.17, 15) is 18.0 Å². The number of hydrogen-bond acceptors (Lipinski definition) is 3. The van der Waals surface area contributed by atoms with Crippen molar-refractivity contribution in [1.29, 1.82) is 5.41 Å². The average Bonchev–Trinajstić information content (AvgIpc) is 3.19. The highest BCUT2D eigenvalue weighted by Gasteiger charge is 2.45. The number of para-hydroxylation sites is 1. The third-order valence-electron chi connectivity index (χ3n) is 6.17. The van der Waals surface area contributed by atoms with Gasteiger partial charge in [0.2, 0.25) is 5.96 Å². The summed E-state index contributed by atoms with van der Waals surface area (Å²) in [5.41, 5.74) is 7.92. The van der Waals surface area contributed by atoms with Crippen LogP contribution in [0.3, 0.4) is 0 Å². The smallest absolute Gasteiger partial charge is 0.379 e. The summed E-state index contributed by atoms with van der Waals surface area (Å²) in [7, 11) is 1.40. The number of hydrogen-bond donors (Lipinski definition) is 4. The lowest BCUT2D eigenvalue weighted by molar-refractivity contribution is -0.189. The minimum atomic E-state index is -4.42. The number of benzene rings is 1. The van der Waals surface area contributed by atoms with Crippen LogP contribution in [0.4, 0.5) is 13.2 Å². The molecule has 1 saturated heterocycles. The molecular weight excluding hydrogens is 447 g/mol. The number of halogens is 3. The second kappa shape index (κ2) is 10.9. The molecule has 11 heteroatoms. The molecule has 2 aromatic rings. The molecule has 8 nitrogen and oxygen atoms in total. The highest BCUT2D eigenvalue weighted by Crippen LogP contribution is 2.27. The number of aromatic amines is 1. The molecular formula is C23H32F3N7O. The number of nitrogens with one attached hydrogen (secondary N) is 3. The molecule has 2 atom stereocenters. The maximum absolute atomic E-state index is 13.3. The molecule has 0 bridgehead atoms. The van der Waals surface area contributed by atoms with Crippen molar-refractivity contribution < 1.29 is 18.0 Å². The molecule has 1 aliphatic heterocycles. The van der Waals surface area contributed by atoms with Gasteiger partial charge < -0.3 is 20.9 Å². The molecule has 34 heavy (non-hydrogen) atoms. The molecule has 186 valence electrons. The number of nitrogens with two attached hydrogens (primary N) is 1. The van der Waals surface area contributed by atoms with Crippen LogP contribution < -0.4 is 11.1 Å². The Balaban J connectivity index is 1.66. The van der Waals surface area contributed by atoms with Crippen molar-refractivity contribution in [2.75, 3.05) is 26.7 Å². The molecule has 1 fully saturated rings. The van der Waals surface area contributed by atoms with Gasteiger partial charge in [0.05, 0.1) is 0 Å². The number of H-pyrrole nitrogens is 1. The summed E-state index contributed by atoms with van der Waals surface area (Å²) in [4.78, 5) is 22.2. The predicted octanol–water partition coefficient (Wildman–Crippen LogP) is 2.86. The average molecular weight is 480 g/mol. The molecule has 2 unspecified atom stereocenters. The van der Waals surface area contributed by atoms with Gasteiger partial charge in [-0.25, -0.2) is 0 Å². The van der Waals surface area contributed by atoms with E-state index >= 15 is 0 Å². The Bertz CT molecular complexity index is 1030. The van der Waals surface area contributed by atoms with E-state index in [0.717, 1.165) is 35.7 Å². The number of carbonyl (C=O) groups excluding carboxylic acids is 1. The standard InChI is InChI=1S/C23H32F3N7O/c1-3-4-7-16(12-15-13-29-18-9-6-5-8-17(15)18)30-21(34)20(27)31-22(28)33-11-10-32(2)19(14-33)23(24,25)26/h5-6,8-9,13,16,19,29H,3-4,7,10-12,14H2,1-2H3,(H,30,34)(H3,27,28,31). The summed E-state index contributed by atoms with van der Waals surface area (Å²) in [6, 6.07) is 5.99. The summed E-state index contributed by atoms with van der Waals surface area (Å²) in [5.74, 6) is -1.52. The number of alkyl halides is 3. The maximum Gasteiger partial charge on any atom is 0.405 e. The van der Waals surface area contributed by atoms with Crippen molar-refractivity contribution in [3.05, 3.63) is 36.0 Å². The number of aromatic nitrogens is 1. The third-order valence-corrected chi connectivity index (χ3v) is 6.17. The number of guanidine groups is 1.